The van der Waals surface area contributed by atoms with Gasteiger partial charge in [-0.2, -0.15) is 0 Å². The molecule has 1 rings (SSSR count). The van der Waals surface area contributed by atoms with Crippen molar-refractivity contribution in [1.29, 1.82) is 0 Å². The summed E-state index contributed by atoms with van der Waals surface area (Å²) >= 11 is 0. The zero-order valence-corrected chi connectivity index (χ0v) is 10.8. The molecule has 0 spiro atoms. The van der Waals surface area contributed by atoms with Crippen LogP contribution in [0.1, 0.15) is 12.8 Å². The lowest BCUT2D eigenvalue weighted by Gasteiger charge is -2.17. The molecule has 0 aromatic rings. The van der Waals surface area contributed by atoms with Crippen molar-refractivity contribution in [1.82, 2.24) is 4.90 Å². The van der Waals surface area contributed by atoms with Gasteiger partial charge in [0.25, 0.3) is 0 Å². The molecular weight excluding hydrogens is 222 g/mol. The van der Waals surface area contributed by atoms with Crippen molar-refractivity contribution in [2.24, 2.45) is 5.92 Å². The maximum atomic E-state index is 11.6. The van der Waals surface area contributed by atoms with Gasteiger partial charge >= 0.3 is 0 Å². The highest BCUT2D eigenvalue weighted by atomic mass is 16.5. The van der Waals surface area contributed by atoms with E-state index in [0.717, 1.165) is 12.5 Å². The summed E-state index contributed by atoms with van der Waals surface area (Å²) in [6, 6.07) is 0. The van der Waals surface area contributed by atoms with Gasteiger partial charge in [-0.05, 0) is 18.8 Å². The monoisotopic (exact) mass is 245 g/mol. The molecule has 0 saturated heterocycles. The van der Waals surface area contributed by atoms with Crippen LogP contribution in [0.3, 0.4) is 0 Å². The number of likely N-dealkylation sites (N-methyl/N-ethyl adjacent to an activating group) is 1. The number of carbonyl (C=O) groups excluding carboxylic acids is 1. The summed E-state index contributed by atoms with van der Waals surface area (Å²) in [6.45, 7) is 3.15. The molecule has 5 nitrogen and oxygen atoms in total. The summed E-state index contributed by atoms with van der Waals surface area (Å²) in [4.78, 5) is 13.2. The second-order valence-corrected chi connectivity index (χ2v) is 4.38. The molecule has 0 bridgehead atoms. The van der Waals surface area contributed by atoms with Gasteiger partial charge in [0.05, 0.1) is 19.8 Å². The Morgan fingerprint density at radius 1 is 1.24 bits per heavy atom. The number of hydrogen-bond donors (Lipinski definition) is 0. The number of amides is 1. The van der Waals surface area contributed by atoms with E-state index in [-0.39, 0.29) is 12.5 Å². The van der Waals surface area contributed by atoms with Gasteiger partial charge in [0.15, 0.2) is 0 Å². The highest BCUT2D eigenvalue weighted by Gasteiger charge is 2.21. The quantitative estimate of drug-likeness (QED) is 0.527. The van der Waals surface area contributed by atoms with E-state index in [9.17, 15) is 4.79 Å². The van der Waals surface area contributed by atoms with Crippen LogP contribution in [-0.2, 0) is 19.0 Å². The van der Waals surface area contributed by atoms with Gasteiger partial charge in [-0.25, -0.2) is 0 Å². The van der Waals surface area contributed by atoms with Crippen molar-refractivity contribution in [3.05, 3.63) is 0 Å². The van der Waals surface area contributed by atoms with E-state index in [2.05, 4.69) is 0 Å². The number of nitrogens with zero attached hydrogens (tertiary/aromatic N) is 1. The van der Waals surface area contributed by atoms with E-state index in [1.807, 2.05) is 0 Å². The van der Waals surface area contributed by atoms with Crippen molar-refractivity contribution in [3.63, 3.8) is 0 Å². The van der Waals surface area contributed by atoms with E-state index in [1.54, 1.807) is 19.1 Å². The van der Waals surface area contributed by atoms with E-state index < -0.39 is 0 Å². The molecule has 1 fully saturated rings. The lowest BCUT2D eigenvalue weighted by molar-refractivity contribution is -0.135. The average Bonchev–Trinajstić information content (AvgIpc) is 3.13. The minimum Gasteiger partial charge on any atom is -0.382 e. The first-order valence-electron chi connectivity index (χ1n) is 6.12. The van der Waals surface area contributed by atoms with Crippen LogP contribution in [-0.4, -0.2) is 64.5 Å². The third-order valence-electron chi connectivity index (χ3n) is 2.70. The molecule has 0 aliphatic heterocycles. The normalized spacial score (nSPS) is 14.9. The molecule has 0 unspecified atom stereocenters. The third kappa shape index (κ3) is 7.31. The van der Waals surface area contributed by atoms with E-state index >= 15 is 0 Å². The highest BCUT2D eigenvalue weighted by molar-refractivity contribution is 5.77. The predicted octanol–water partition coefficient (Wildman–Crippen LogP) is 0.534. The highest BCUT2D eigenvalue weighted by Crippen LogP contribution is 2.28. The van der Waals surface area contributed by atoms with Gasteiger partial charge in [0, 0.05) is 27.3 Å². The Kier molecular flexibility index (Phi) is 7.16. The van der Waals surface area contributed by atoms with E-state index in [1.165, 1.54) is 12.8 Å². The predicted molar refractivity (Wildman–Crippen MR) is 63.9 cm³/mol. The van der Waals surface area contributed by atoms with Crippen LogP contribution in [0.2, 0.25) is 0 Å². The minimum atomic E-state index is -0.0175. The Labute approximate surface area is 103 Å². The van der Waals surface area contributed by atoms with Crippen LogP contribution >= 0.6 is 0 Å². The van der Waals surface area contributed by atoms with Crippen LogP contribution < -0.4 is 0 Å². The number of hydrogen-bond acceptors (Lipinski definition) is 4. The molecule has 100 valence electrons. The third-order valence-corrected chi connectivity index (χ3v) is 2.70. The van der Waals surface area contributed by atoms with Gasteiger partial charge in [-0.1, -0.05) is 0 Å². The summed E-state index contributed by atoms with van der Waals surface area (Å²) < 4.78 is 15.4. The molecule has 0 radical (unpaired) electrons. The second kappa shape index (κ2) is 8.44. The molecule has 0 aromatic heterocycles. The first kappa shape index (κ1) is 14.4. The Morgan fingerprint density at radius 3 is 2.65 bits per heavy atom. The fourth-order valence-electron chi connectivity index (χ4n) is 1.27. The molecule has 0 N–H and O–H groups in total. The van der Waals surface area contributed by atoms with Gasteiger partial charge in [-0.3, -0.25) is 4.79 Å². The van der Waals surface area contributed by atoms with Gasteiger partial charge in [0.2, 0.25) is 5.91 Å². The fraction of sp³-hybridized carbons (Fsp3) is 0.917. The zero-order valence-electron chi connectivity index (χ0n) is 10.8. The van der Waals surface area contributed by atoms with Crippen molar-refractivity contribution in [2.45, 2.75) is 12.8 Å². The van der Waals surface area contributed by atoms with Crippen LogP contribution in [0.4, 0.5) is 0 Å². The lowest BCUT2D eigenvalue weighted by Crippen LogP contribution is -2.33. The van der Waals surface area contributed by atoms with Crippen molar-refractivity contribution in [2.75, 3.05) is 53.7 Å². The van der Waals surface area contributed by atoms with Crippen molar-refractivity contribution >= 4 is 5.91 Å². The molecule has 1 amide bonds. The van der Waals surface area contributed by atoms with Gasteiger partial charge in [-0.15, -0.1) is 0 Å². The maximum absolute atomic E-state index is 11.6. The molecule has 5 heteroatoms. The van der Waals surface area contributed by atoms with Crippen LogP contribution in [0.15, 0.2) is 0 Å². The van der Waals surface area contributed by atoms with Crippen LogP contribution in [0.25, 0.3) is 0 Å². The minimum absolute atomic E-state index is 0.0175. The van der Waals surface area contributed by atoms with Crippen molar-refractivity contribution < 1.29 is 19.0 Å². The summed E-state index contributed by atoms with van der Waals surface area (Å²) in [5, 5.41) is 0. The smallest absolute Gasteiger partial charge is 0.248 e. The first-order valence-corrected chi connectivity index (χ1v) is 6.12. The molecule has 1 aliphatic rings. The van der Waals surface area contributed by atoms with Crippen LogP contribution in [0.5, 0.6) is 0 Å². The summed E-state index contributed by atoms with van der Waals surface area (Å²) in [6.07, 6.45) is 2.59. The molecule has 1 aliphatic carbocycles. The number of carbonyl (C=O) groups is 1. The first-order chi connectivity index (χ1) is 8.24. The SMILES string of the molecule is COCCOCC(=O)N(C)CCOCC1CC1. The molecule has 0 heterocycles. The van der Waals surface area contributed by atoms with E-state index in [0.29, 0.717) is 26.4 Å². The summed E-state index contributed by atoms with van der Waals surface area (Å²) in [7, 11) is 3.37. The van der Waals surface area contributed by atoms with Crippen LogP contribution in [0, 0.1) is 5.92 Å². The second-order valence-electron chi connectivity index (χ2n) is 4.38. The molecule has 0 aromatic carbocycles. The van der Waals surface area contributed by atoms with Crippen molar-refractivity contribution in [3.8, 4) is 0 Å². The molecule has 1 saturated carbocycles. The molecular formula is C12H23NO4. The Balaban J connectivity index is 1.92. The maximum Gasteiger partial charge on any atom is 0.248 e. The zero-order chi connectivity index (χ0) is 12.5. The fourth-order valence-corrected chi connectivity index (χ4v) is 1.27. The lowest BCUT2D eigenvalue weighted by atomic mass is 10.4. The summed E-state index contributed by atoms with van der Waals surface area (Å²) in [5.41, 5.74) is 0. The topological polar surface area (TPSA) is 48.0 Å². The largest absolute Gasteiger partial charge is 0.382 e. The van der Waals surface area contributed by atoms with Gasteiger partial charge in [0.1, 0.15) is 6.61 Å². The number of methoxy groups -OCH3 is 1. The Morgan fingerprint density at radius 2 is 2.00 bits per heavy atom. The standard InChI is InChI=1S/C12H23NO4/c1-13(5-6-16-9-11-3-4-11)12(14)10-17-8-7-15-2/h11H,3-10H2,1-2H3. The summed E-state index contributed by atoms with van der Waals surface area (Å²) in [5.74, 6) is 0.754. The Bertz CT molecular complexity index is 219. The molecule has 17 heavy (non-hydrogen) atoms. The number of rotatable bonds is 10. The van der Waals surface area contributed by atoms with Gasteiger partial charge < -0.3 is 19.1 Å². The average molecular weight is 245 g/mol. The Hall–Kier alpha value is -0.650. The van der Waals surface area contributed by atoms with E-state index in [4.69, 9.17) is 14.2 Å². The number of ether oxygens (including phenoxy) is 3. The molecule has 0 atom stereocenters.